The van der Waals surface area contributed by atoms with Crippen molar-refractivity contribution in [3.63, 3.8) is 0 Å². The molecule has 2 aromatic carbocycles. The van der Waals surface area contributed by atoms with Crippen LogP contribution in [0.15, 0.2) is 48.5 Å². The maximum Gasteiger partial charge on any atom is 0.407 e. The maximum atomic E-state index is 12.6. The summed E-state index contributed by atoms with van der Waals surface area (Å²) in [6.07, 6.45) is 0.178. The molecule has 4 rings (SSSR count). The predicted molar refractivity (Wildman–Crippen MR) is 123 cm³/mol. The van der Waals surface area contributed by atoms with Crippen LogP contribution in [0.5, 0.6) is 0 Å². The third-order valence-corrected chi connectivity index (χ3v) is 6.24. The van der Waals surface area contributed by atoms with Crippen LogP contribution in [-0.4, -0.2) is 55.7 Å². The number of carbonyl (C=O) groups excluding carboxylic acids is 4. The van der Waals surface area contributed by atoms with Crippen molar-refractivity contribution in [1.29, 1.82) is 0 Å². The Kier molecular flexibility index (Phi) is 6.54. The van der Waals surface area contributed by atoms with Crippen molar-refractivity contribution in [3.8, 4) is 11.1 Å². The SMILES string of the molecule is COC(=O)CNC(=O)C1(NC(=O)[C@@H](C)NC(=O)OCC2c3ccccc3-c3ccccc32)CC1. The van der Waals surface area contributed by atoms with Crippen molar-refractivity contribution < 1.29 is 28.7 Å². The molecule has 178 valence electrons. The number of nitrogens with one attached hydrogen (secondary N) is 3. The van der Waals surface area contributed by atoms with Crippen molar-refractivity contribution in [3.05, 3.63) is 59.7 Å². The van der Waals surface area contributed by atoms with Gasteiger partial charge in [-0.25, -0.2) is 4.79 Å². The van der Waals surface area contributed by atoms with Crippen LogP contribution < -0.4 is 16.0 Å². The van der Waals surface area contributed by atoms with E-state index in [0.717, 1.165) is 22.3 Å². The van der Waals surface area contributed by atoms with Crippen LogP contribution in [-0.2, 0) is 23.9 Å². The summed E-state index contributed by atoms with van der Waals surface area (Å²) in [4.78, 5) is 48.5. The lowest BCUT2D eigenvalue weighted by Gasteiger charge is -2.21. The number of esters is 1. The molecule has 2 aromatic rings. The Morgan fingerprint density at radius 3 is 2.15 bits per heavy atom. The van der Waals surface area contributed by atoms with Gasteiger partial charge in [0.1, 0.15) is 24.7 Å². The highest BCUT2D eigenvalue weighted by atomic mass is 16.5. The molecule has 1 atom stereocenters. The van der Waals surface area contributed by atoms with Gasteiger partial charge in [-0.1, -0.05) is 48.5 Å². The van der Waals surface area contributed by atoms with E-state index in [4.69, 9.17) is 4.74 Å². The number of hydrogen-bond donors (Lipinski definition) is 3. The second-order valence-corrected chi connectivity index (χ2v) is 8.52. The van der Waals surface area contributed by atoms with Gasteiger partial charge >= 0.3 is 12.1 Å². The van der Waals surface area contributed by atoms with Crippen LogP contribution >= 0.6 is 0 Å². The average molecular weight is 466 g/mol. The molecule has 0 spiro atoms. The van der Waals surface area contributed by atoms with E-state index in [-0.39, 0.29) is 19.1 Å². The molecule has 9 heteroatoms. The minimum atomic E-state index is -1.07. The normalized spacial score (nSPS) is 15.8. The molecule has 0 unspecified atom stereocenters. The summed E-state index contributed by atoms with van der Waals surface area (Å²) in [6.45, 7) is 1.37. The van der Waals surface area contributed by atoms with Gasteiger partial charge < -0.3 is 25.4 Å². The van der Waals surface area contributed by atoms with E-state index in [0.29, 0.717) is 12.8 Å². The fourth-order valence-electron chi connectivity index (χ4n) is 4.15. The van der Waals surface area contributed by atoms with Crippen molar-refractivity contribution in [2.45, 2.75) is 37.3 Å². The third kappa shape index (κ3) is 4.73. The van der Waals surface area contributed by atoms with E-state index >= 15 is 0 Å². The molecule has 0 aliphatic heterocycles. The second-order valence-electron chi connectivity index (χ2n) is 8.52. The first-order valence-electron chi connectivity index (χ1n) is 11.1. The van der Waals surface area contributed by atoms with E-state index in [9.17, 15) is 19.2 Å². The molecule has 2 aliphatic rings. The number of amides is 3. The number of carbonyl (C=O) groups is 4. The highest BCUT2D eigenvalue weighted by molar-refractivity contribution is 5.97. The first-order valence-corrected chi connectivity index (χ1v) is 11.1. The van der Waals surface area contributed by atoms with Crippen molar-refractivity contribution >= 4 is 23.9 Å². The first-order chi connectivity index (χ1) is 16.3. The molecule has 2 aliphatic carbocycles. The maximum absolute atomic E-state index is 12.6. The van der Waals surface area contributed by atoms with Crippen LogP contribution in [0.4, 0.5) is 4.79 Å². The van der Waals surface area contributed by atoms with Crippen molar-refractivity contribution in [2.75, 3.05) is 20.3 Å². The third-order valence-electron chi connectivity index (χ3n) is 6.24. The summed E-state index contributed by atoms with van der Waals surface area (Å²) in [5.74, 6) is -1.64. The van der Waals surface area contributed by atoms with E-state index in [2.05, 4.69) is 32.8 Å². The Morgan fingerprint density at radius 1 is 1.00 bits per heavy atom. The quantitative estimate of drug-likeness (QED) is 0.512. The molecule has 0 heterocycles. The van der Waals surface area contributed by atoms with Crippen molar-refractivity contribution in [2.24, 2.45) is 0 Å². The number of alkyl carbamates (subject to hydrolysis) is 1. The molecule has 0 saturated heterocycles. The van der Waals surface area contributed by atoms with Crippen LogP contribution in [0, 0.1) is 0 Å². The number of fused-ring (bicyclic) bond motifs is 3. The average Bonchev–Trinajstić information content (AvgIpc) is 3.56. The number of benzene rings is 2. The van der Waals surface area contributed by atoms with Gasteiger partial charge in [-0.2, -0.15) is 0 Å². The molecule has 0 aromatic heterocycles. The van der Waals surface area contributed by atoms with E-state index in [1.807, 2.05) is 36.4 Å². The Bertz CT molecular complexity index is 1080. The van der Waals surface area contributed by atoms with Crippen LogP contribution in [0.3, 0.4) is 0 Å². The Morgan fingerprint density at radius 2 is 1.59 bits per heavy atom. The standard InChI is InChI=1S/C25H27N3O6/c1-15(22(30)28-25(11-12-25)23(31)26-13-21(29)33-2)27-24(32)34-14-20-18-9-5-3-7-16(18)17-8-4-6-10-19(17)20/h3-10,15,20H,11-14H2,1-2H3,(H,26,31)(H,27,32)(H,28,30)/t15-/m1/s1. The lowest BCUT2D eigenvalue weighted by molar-refractivity contribution is -0.141. The minimum Gasteiger partial charge on any atom is -0.468 e. The minimum absolute atomic E-state index is 0.0875. The second kappa shape index (κ2) is 9.54. The summed E-state index contributed by atoms with van der Waals surface area (Å²) in [5, 5.41) is 7.63. The zero-order chi connectivity index (χ0) is 24.3. The Labute approximate surface area is 197 Å². The zero-order valence-electron chi connectivity index (χ0n) is 19.1. The van der Waals surface area contributed by atoms with Gasteiger partial charge in [0.05, 0.1) is 7.11 Å². The monoisotopic (exact) mass is 465 g/mol. The number of ether oxygens (including phenoxy) is 2. The highest BCUT2D eigenvalue weighted by Gasteiger charge is 2.51. The number of hydrogen-bond acceptors (Lipinski definition) is 6. The molecule has 3 N–H and O–H groups in total. The number of methoxy groups -OCH3 is 1. The van der Waals surface area contributed by atoms with E-state index < -0.39 is 35.5 Å². The van der Waals surface area contributed by atoms with E-state index in [1.54, 1.807) is 0 Å². The molecule has 1 fully saturated rings. The summed E-state index contributed by atoms with van der Waals surface area (Å²) >= 11 is 0. The smallest absolute Gasteiger partial charge is 0.407 e. The molecule has 0 radical (unpaired) electrons. The lowest BCUT2D eigenvalue weighted by Crippen LogP contribution is -2.55. The molecule has 3 amide bonds. The molecule has 9 nitrogen and oxygen atoms in total. The first kappa shape index (κ1) is 23.3. The van der Waals surface area contributed by atoms with E-state index in [1.165, 1.54) is 14.0 Å². The number of rotatable bonds is 8. The summed E-state index contributed by atoms with van der Waals surface area (Å²) < 4.78 is 9.96. The Hall–Kier alpha value is -3.88. The zero-order valence-corrected chi connectivity index (χ0v) is 19.1. The molecule has 1 saturated carbocycles. The lowest BCUT2D eigenvalue weighted by atomic mass is 9.98. The molecular formula is C25H27N3O6. The fourth-order valence-corrected chi connectivity index (χ4v) is 4.15. The molecular weight excluding hydrogens is 438 g/mol. The summed E-state index contributed by atoms with van der Waals surface area (Å²) in [7, 11) is 1.22. The predicted octanol–water partition coefficient (Wildman–Crippen LogP) is 1.85. The summed E-state index contributed by atoms with van der Waals surface area (Å²) in [5.41, 5.74) is 3.37. The molecule has 34 heavy (non-hydrogen) atoms. The van der Waals surface area contributed by atoms with Gasteiger partial charge in [0.2, 0.25) is 11.8 Å². The van der Waals surface area contributed by atoms with Gasteiger partial charge in [0.25, 0.3) is 0 Å². The van der Waals surface area contributed by atoms with Gasteiger partial charge in [-0.05, 0) is 42.0 Å². The molecule has 0 bridgehead atoms. The fraction of sp³-hybridized carbons (Fsp3) is 0.360. The van der Waals surface area contributed by atoms with Crippen molar-refractivity contribution in [1.82, 2.24) is 16.0 Å². The van der Waals surface area contributed by atoms with Gasteiger partial charge in [-0.3, -0.25) is 14.4 Å². The topological polar surface area (TPSA) is 123 Å². The van der Waals surface area contributed by atoms with Crippen LogP contribution in [0.2, 0.25) is 0 Å². The van der Waals surface area contributed by atoms with Crippen LogP contribution in [0.1, 0.15) is 36.8 Å². The van der Waals surface area contributed by atoms with Gasteiger partial charge in [0, 0.05) is 5.92 Å². The van der Waals surface area contributed by atoms with Gasteiger partial charge in [-0.15, -0.1) is 0 Å². The highest BCUT2D eigenvalue weighted by Crippen LogP contribution is 2.44. The summed E-state index contributed by atoms with van der Waals surface area (Å²) in [6, 6.07) is 15.1. The van der Waals surface area contributed by atoms with Gasteiger partial charge in [0.15, 0.2) is 0 Å². The largest absolute Gasteiger partial charge is 0.468 e. The Balaban J connectivity index is 1.30. The van der Waals surface area contributed by atoms with Crippen LogP contribution in [0.25, 0.3) is 11.1 Å².